The lowest BCUT2D eigenvalue weighted by atomic mass is 10.1. The number of fused-ring (bicyclic) bond motifs is 2. The Kier molecular flexibility index (Phi) is 6.41. The number of hydrogen-bond acceptors (Lipinski definition) is 6. The van der Waals surface area contributed by atoms with Crippen LogP contribution >= 0.6 is 0 Å². The standard InChI is InChI=1S/C27H26N6O5/c1-15(2)32-10-11-33-18(13-21(34)24(35)23(33)27(32)38)14-28-25(36)16-6-5-7-17(12-16)29-26(37)22-19-8-3-4-9-20(19)30-31-22/h3-9,12-13,15,35H,10-11,14H2,1-2H3,(H,28,36)(H,29,37)(H,30,31). The second-order valence-electron chi connectivity index (χ2n) is 9.28. The summed E-state index contributed by atoms with van der Waals surface area (Å²) in [6.45, 7) is 4.48. The molecule has 4 aromatic rings. The minimum atomic E-state index is -0.685. The van der Waals surface area contributed by atoms with Gasteiger partial charge in [-0.3, -0.25) is 24.3 Å². The van der Waals surface area contributed by atoms with E-state index in [9.17, 15) is 24.3 Å². The molecule has 0 spiro atoms. The Bertz CT molecular complexity index is 1640. The second kappa shape index (κ2) is 9.85. The normalized spacial score (nSPS) is 13.0. The largest absolute Gasteiger partial charge is 0.503 e. The third-order valence-electron chi connectivity index (χ3n) is 6.52. The molecule has 0 saturated heterocycles. The van der Waals surface area contributed by atoms with E-state index < -0.39 is 28.9 Å². The molecule has 4 N–H and O–H groups in total. The van der Waals surface area contributed by atoms with Gasteiger partial charge in [-0.2, -0.15) is 5.10 Å². The molecule has 0 atom stereocenters. The van der Waals surface area contributed by atoms with Crippen molar-refractivity contribution in [3.63, 3.8) is 0 Å². The Morgan fingerprint density at radius 3 is 2.63 bits per heavy atom. The average Bonchev–Trinajstić information content (AvgIpc) is 3.34. The van der Waals surface area contributed by atoms with Gasteiger partial charge in [0.2, 0.25) is 5.43 Å². The molecule has 0 saturated carbocycles. The fourth-order valence-corrected chi connectivity index (χ4v) is 4.58. The number of nitrogens with zero attached hydrogens (tertiary/aromatic N) is 3. The average molecular weight is 515 g/mol. The van der Waals surface area contributed by atoms with E-state index in [1.54, 1.807) is 33.7 Å². The lowest BCUT2D eigenvalue weighted by molar-refractivity contribution is 0.0639. The number of rotatable bonds is 6. The summed E-state index contributed by atoms with van der Waals surface area (Å²) < 4.78 is 1.57. The van der Waals surface area contributed by atoms with E-state index in [-0.39, 0.29) is 29.5 Å². The fourth-order valence-electron chi connectivity index (χ4n) is 4.58. The van der Waals surface area contributed by atoms with Gasteiger partial charge in [0.05, 0.1) is 12.1 Å². The predicted octanol–water partition coefficient (Wildman–Crippen LogP) is 2.48. The third-order valence-corrected chi connectivity index (χ3v) is 6.52. The molecule has 0 bridgehead atoms. The van der Waals surface area contributed by atoms with Crippen LogP contribution in [0.2, 0.25) is 0 Å². The summed E-state index contributed by atoms with van der Waals surface area (Å²) in [6, 6.07) is 14.8. The van der Waals surface area contributed by atoms with Crippen LogP contribution in [0, 0.1) is 0 Å². The van der Waals surface area contributed by atoms with Gasteiger partial charge in [-0.15, -0.1) is 0 Å². The number of benzene rings is 2. The van der Waals surface area contributed by atoms with Crippen LogP contribution in [0.5, 0.6) is 5.75 Å². The van der Waals surface area contributed by atoms with Crippen molar-refractivity contribution in [1.82, 2.24) is 25.0 Å². The first-order valence-electron chi connectivity index (χ1n) is 12.1. The topological polar surface area (TPSA) is 149 Å². The number of carbonyl (C=O) groups is 3. The van der Waals surface area contributed by atoms with E-state index in [1.807, 2.05) is 32.0 Å². The van der Waals surface area contributed by atoms with Crippen LogP contribution in [0.15, 0.2) is 59.4 Å². The minimum Gasteiger partial charge on any atom is -0.503 e. The first-order chi connectivity index (χ1) is 18.2. The van der Waals surface area contributed by atoms with Crippen molar-refractivity contribution < 1.29 is 19.5 Å². The molecule has 0 radical (unpaired) electrons. The van der Waals surface area contributed by atoms with Crippen LogP contribution in [0.1, 0.15) is 50.9 Å². The molecule has 5 rings (SSSR count). The number of aromatic amines is 1. The highest BCUT2D eigenvalue weighted by molar-refractivity contribution is 6.11. The number of pyridine rings is 1. The molecule has 0 aliphatic carbocycles. The highest BCUT2D eigenvalue weighted by Crippen LogP contribution is 2.23. The Morgan fingerprint density at radius 2 is 1.84 bits per heavy atom. The zero-order chi connectivity index (χ0) is 27.0. The van der Waals surface area contributed by atoms with Crippen LogP contribution in [-0.2, 0) is 13.1 Å². The molecule has 2 aromatic heterocycles. The molecule has 1 aliphatic rings. The highest BCUT2D eigenvalue weighted by Gasteiger charge is 2.31. The van der Waals surface area contributed by atoms with Gasteiger partial charge < -0.3 is 25.2 Å². The highest BCUT2D eigenvalue weighted by atomic mass is 16.3. The molecular formula is C27H26N6O5. The van der Waals surface area contributed by atoms with Gasteiger partial charge in [0.15, 0.2) is 17.1 Å². The van der Waals surface area contributed by atoms with Gasteiger partial charge in [-0.1, -0.05) is 24.3 Å². The van der Waals surface area contributed by atoms with Crippen LogP contribution in [-0.4, -0.2) is 55.1 Å². The molecule has 11 nitrogen and oxygen atoms in total. The Morgan fingerprint density at radius 1 is 1.05 bits per heavy atom. The van der Waals surface area contributed by atoms with Crippen molar-refractivity contribution in [2.24, 2.45) is 0 Å². The monoisotopic (exact) mass is 514 g/mol. The Labute approximate surface area is 217 Å². The molecule has 194 valence electrons. The van der Waals surface area contributed by atoms with Crippen LogP contribution in [0.4, 0.5) is 5.69 Å². The number of para-hydroxylation sites is 1. The van der Waals surface area contributed by atoms with Gasteiger partial charge in [0, 0.05) is 47.5 Å². The molecule has 1 aliphatic heterocycles. The van der Waals surface area contributed by atoms with E-state index in [4.69, 9.17) is 0 Å². The van der Waals surface area contributed by atoms with E-state index in [0.717, 1.165) is 5.52 Å². The molecule has 0 unspecified atom stereocenters. The molecule has 38 heavy (non-hydrogen) atoms. The summed E-state index contributed by atoms with van der Waals surface area (Å²) >= 11 is 0. The van der Waals surface area contributed by atoms with E-state index in [1.165, 1.54) is 12.1 Å². The maximum Gasteiger partial charge on any atom is 0.276 e. The third kappa shape index (κ3) is 4.49. The first-order valence-corrected chi connectivity index (χ1v) is 12.1. The minimum absolute atomic E-state index is 0.0356. The lowest BCUT2D eigenvalue weighted by Gasteiger charge is -2.34. The zero-order valence-electron chi connectivity index (χ0n) is 20.8. The van der Waals surface area contributed by atoms with Gasteiger partial charge in [0.25, 0.3) is 17.7 Å². The summed E-state index contributed by atoms with van der Waals surface area (Å²) in [7, 11) is 0. The van der Waals surface area contributed by atoms with Gasteiger partial charge in [-0.05, 0) is 38.1 Å². The summed E-state index contributed by atoms with van der Waals surface area (Å²) in [5.74, 6) is -1.88. The molecule has 0 fully saturated rings. The van der Waals surface area contributed by atoms with Crippen LogP contribution in [0.3, 0.4) is 0 Å². The van der Waals surface area contributed by atoms with E-state index in [2.05, 4.69) is 20.8 Å². The maximum absolute atomic E-state index is 12.9. The van der Waals surface area contributed by atoms with Gasteiger partial charge in [-0.25, -0.2) is 0 Å². The number of nitrogens with one attached hydrogen (secondary N) is 3. The van der Waals surface area contributed by atoms with Gasteiger partial charge in [0.1, 0.15) is 0 Å². The van der Waals surface area contributed by atoms with E-state index >= 15 is 0 Å². The second-order valence-corrected chi connectivity index (χ2v) is 9.28. The number of H-pyrrole nitrogens is 1. The summed E-state index contributed by atoms with van der Waals surface area (Å²) in [5, 5.41) is 23.4. The summed E-state index contributed by atoms with van der Waals surface area (Å²) in [5.41, 5.74) is 1.32. The van der Waals surface area contributed by atoms with Crippen LogP contribution < -0.4 is 16.1 Å². The number of anilines is 1. The van der Waals surface area contributed by atoms with E-state index in [0.29, 0.717) is 29.9 Å². The SMILES string of the molecule is CC(C)N1CCn2c(CNC(=O)c3cccc(NC(=O)c4n[nH]c5ccccc45)c3)cc(=O)c(O)c2C1=O. The zero-order valence-corrected chi connectivity index (χ0v) is 20.8. The maximum atomic E-state index is 12.9. The number of aromatic hydroxyl groups is 1. The molecule has 3 heterocycles. The van der Waals surface area contributed by atoms with Crippen molar-refractivity contribution in [2.45, 2.75) is 33.0 Å². The van der Waals surface area contributed by atoms with Crippen molar-refractivity contribution in [3.8, 4) is 5.75 Å². The van der Waals surface area contributed by atoms with Crippen molar-refractivity contribution in [2.75, 3.05) is 11.9 Å². The molecular weight excluding hydrogens is 488 g/mol. The number of aromatic nitrogens is 3. The molecule has 11 heteroatoms. The summed E-state index contributed by atoms with van der Waals surface area (Å²) in [6.07, 6.45) is 0. The van der Waals surface area contributed by atoms with Crippen molar-refractivity contribution >= 4 is 34.3 Å². The van der Waals surface area contributed by atoms with Gasteiger partial charge >= 0.3 is 0 Å². The number of hydrogen-bond donors (Lipinski definition) is 4. The lowest BCUT2D eigenvalue weighted by Crippen LogP contribution is -2.46. The quantitative estimate of drug-likeness (QED) is 0.311. The van der Waals surface area contributed by atoms with Crippen molar-refractivity contribution in [1.29, 1.82) is 0 Å². The Hall–Kier alpha value is -4.93. The van der Waals surface area contributed by atoms with Crippen LogP contribution in [0.25, 0.3) is 10.9 Å². The van der Waals surface area contributed by atoms with Crippen molar-refractivity contribution in [3.05, 3.63) is 87.5 Å². The molecule has 3 amide bonds. The Balaban J connectivity index is 1.32. The summed E-state index contributed by atoms with van der Waals surface area (Å²) in [4.78, 5) is 52.6. The number of carbonyl (C=O) groups excluding carboxylic acids is 3. The molecule has 2 aromatic carbocycles. The predicted molar refractivity (Wildman–Crippen MR) is 140 cm³/mol. The number of amides is 3. The first kappa shape index (κ1) is 24.8. The smallest absolute Gasteiger partial charge is 0.276 e. The fraction of sp³-hybridized carbons (Fsp3) is 0.222.